The van der Waals surface area contributed by atoms with E-state index in [4.69, 9.17) is 9.47 Å². The first-order valence-electron chi connectivity index (χ1n) is 13.4. The minimum absolute atomic E-state index is 0.0358. The van der Waals surface area contributed by atoms with Crippen LogP contribution in [-0.4, -0.2) is 86.1 Å². The van der Waals surface area contributed by atoms with Crippen molar-refractivity contribution in [2.24, 2.45) is 0 Å². The summed E-state index contributed by atoms with van der Waals surface area (Å²) < 4.78 is 10.8. The van der Waals surface area contributed by atoms with Gasteiger partial charge in [0.1, 0.15) is 5.75 Å². The van der Waals surface area contributed by atoms with E-state index in [0.717, 1.165) is 29.7 Å². The van der Waals surface area contributed by atoms with E-state index in [-0.39, 0.29) is 18.5 Å². The van der Waals surface area contributed by atoms with Crippen LogP contribution in [0.3, 0.4) is 0 Å². The predicted octanol–water partition coefficient (Wildman–Crippen LogP) is 3.67. The zero-order valence-electron chi connectivity index (χ0n) is 23.5. The lowest BCUT2D eigenvalue weighted by molar-refractivity contribution is -0.139. The highest BCUT2D eigenvalue weighted by atomic mass is 16.5. The number of nitrogens with zero attached hydrogens (tertiary/aromatic N) is 3. The third kappa shape index (κ3) is 6.25. The maximum Gasteiger partial charge on any atom is 0.338 e. The molecule has 2 aliphatic rings. The fraction of sp³-hybridized carbons (Fsp3) is 0.433. The Morgan fingerprint density at radius 2 is 1.85 bits per heavy atom. The predicted molar refractivity (Wildman–Crippen MR) is 149 cm³/mol. The summed E-state index contributed by atoms with van der Waals surface area (Å²) in [6.45, 7) is 8.86. The van der Waals surface area contributed by atoms with Crippen LogP contribution in [0.1, 0.15) is 46.4 Å². The number of benzene rings is 2. The number of hydrogen-bond donors (Lipinski definition) is 1. The van der Waals surface area contributed by atoms with Gasteiger partial charge in [-0.25, -0.2) is 9.59 Å². The smallest absolute Gasteiger partial charge is 0.338 e. The molecule has 2 heterocycles. The molecule has 1 unspecified atom stereocenters. The molecule has 9 heteroatoms. The molecule has 2 aliphatic heterocycles. The van der Waals surface area contributed by atoms with Crippen LogP contribution in [0.4, 0.5) is 4.79 Å². The summed E-state index contributed by atoms with van der Waals surface area (Å²) in [7, 11) is 3.26. The summed E-state index contributed by atoms with van der Waals surface area (Å²) in [4.78, 5) is 45.2. The average Bonchev–Trinajstić information content (AvgIpc) is 3.17. The molecule has 1 atom stereocenters. The summed E-state index contributed by atoms with van der Waals surface area (Å²) >= 11 is 0. The van der Waals surface area contributed by atoms with Crippen LogP contribution >= 0.6 is 0 Å². The second-order valence-electron chi connectivity index (χ2n) is 10.0. The Morgan fingerprint density at radius 1 is 1.05 bits per heavy atom. The van der Waals surface area contributed by atoms with E-state index in [1.165, 1.54) is 4.90 Å². The first kappa shape index (κ1) is 28.2. The molecule has 0 saturated carbocycles. The van der Waals surface area contributed by atoms with Gasteiger partial charge in [-0.3, -0.25) is 14.6 Å². The number of aryl methyl sites for hydroxylation is 2. The van der Waals surface area contributed by atoms with Crippen LogP contribution in [0, 0.1) is 13.8 Å². The quantitative estimate of drug-likeness (QED) is 0.545. The van der Waals surface area contributed by atoms with Gasteiger partial charge in [0.25, 0.3) is 5.91 Å². The number of carbonyl (C=O) groups is 3. The van der Waals surface area contributed by atoms with Crippen molar-refractivity contribution < 1.29 is 23.9 Å². The highest BCUT2D eigenvalue weighted by Gasteiger charge is 2.38. The van der Waals surface area contributed by atoms with Gasteiger partial charge in [0.2, 0.25) is 0 Å². The second-order valence-corrected chi connectivity index (χ2v) is 10.0. The van der Waals surface area contributed by atoms with E-state index in [1.54, 1.807) is 33.2 Å². The Bertz CT molecular complexity index is 1270. The third-order valence-corrected chi connectivity index (χ3v) is 7.38. The van der Waals surface area contributed by atoms with Crippen LogP contribution < -0.4 is 10.1 Å². The van der Waals surface area contributed by atoms with E-state index in [2.05, 4.69) is 10.2 Å². The zero-order chi connectivity index (χ0) is 28.1. The number of hydrogen-bond acceptors (Lipinski definition) is 6. The van der Waals surface area contributed by atoms with E-state index in [9.17, 15) is 14.4 Å². The van der Waals surface area contributed by atoms with Gasteiger partial charge in [0.15, 0.2) is 0 Å². The summed E-state index contributed by atoms with van der Waals surface area (Å²) in [5.41, 5.74) is 4.56. The summed E-state index contributed by atoms with van der Waals surface area (Å²) in [5, 5.41) is 3.02. The van der Waals surface area contributed by atoms with Crippen LogP contribution in [0.15, 0.2) is 53.7 Å². The summed E-state index contributed by atoms with van der Waals surface area (Å²) in [6.07, 6.45) is 0.772. The molecule has 2 aromatic carbocycles. The summed E-state index contributed by atoms with van der Waals surface area (Å²) in [6, 6.07) is 12.3. The van der Waals surface area contributed by atoms with Gasteiger partial charge >= 0.3 is 12.0 Å². The molecule has 1 fully saturated rings. The number of ether oxygens (including phenoxy) is 2. The first-order chi connectivity index (χ1) is 18.7. The van der Waals surface area contributed by atoms with Gasteiger partial charge in [-0.2, -0.15) is 0 Å². The fourth-order valence-corrected chi connectivity index (χ4v) is 5.18. The van der Waals surface area contributed by atoms with Crippen molar-refractivity contribution in [3.8, 4) is 5.75 Å². The zero-order valence-corrected chi connectivity index (χ0v) is 23.5. The van der Waals surface area contributed by atoms with Crippen molar-refractivity contribution in [3.05, 3.63) is 76.0 Å². The molecule has 0 bridgehead atoms. The van der Waals surface area contributed by atoms with Crippen molar-refractivity contribution >= 4 is 17.9 Å². The standard InChI is InChI=1S/C30H38N4O5/c1-6-39-29(36)26-25(32(4)30(37)31-27(26)24-17-20(2)11-12-21(24)3)19-33-13-8-14-34(16-15-33)28(35)22-9-7-10-23(18-22)38-5/h7,9-12,17-18,27H,6,8,13-16,19H2,1-5H3,(H,31,37). The molecule has 0 spiro atoms. The molecule has 1 saturated heterocycles. The minimum Gasteiger partial charge on any atom is -0.497 e. The molecule has 1 N–H and O–H groups in total. The number of amides is 3. The maximum atomic E-state index is 13.4. The number of likely N-dealkylation sites (N-methyl/N-ethyl adjacent to an activating group) is 1. The monoisotopic (exact) mass is 534 g/mol. The molecule has 2 aromatic rings. The maximum absolute atomic E-state index is 13.4. The average molecular weight is 535 g/mol. The van der Waals surface area contributed by atoms with Crippen LogP contribution in [0.5, 0.6) is 5.75 Å². The molecular formula is C30H38N4O5. The van der Waals surface area contributed by atoms with Gasteiger partial charge in [0, 0.05) is 51.0 Å². The molecular weight excluding hydrogens is 496 g/mol. The normalized spacial score (nSPS) is 18.5. The van der Waals surface area contributed by atoms with E-state index < -0.39 is 12.0 Å². The Labute approximate surface area is 230 Å². The molecule has 3 amide bonds. The van der Waals surface area contributed by atoms with Gasteiger partial charge in [-0.15, -0.1) is 0 Å². The minimum atomic E-state index is -0.610. The number of nitrogens with one attached hydrogen (secondary N) is 1. The van der Waals surface area contributed by atoms with E-state index in [1.807, 2.05) is 49.1 Å². The molecule has 4 rings (SSSR count). The van der Waals surface area contributed by atoms with Crippen molar-refractivity contribution in [2.75, 3.05) is 53.5 Å². The van der Waals surface area contributed by atoms with Crippen LogP contribution in [-0.2, 0) is 9.53 Å². The van der Waals surface area contributed by atoms with Gasteiger partial charge in [-0.05, 0) is 56.5 Å². The lowest BCUT2D eigenvalue weighted by Crippen LogP contribution is -2.49. The van der Waals surface area contributed by atoms with Crippen LogP contribution in [0.2, 0.25) is 0 Å². The highest BCUT2D eigenvalue weighted by molar-refractivity contribution is 5.95. The Morgan fingerprint density at radius 3 is 2.59 bits per heavy atom. The molecule has 9 nitrogen and oxygen atoms in total. The lowest BCUT2D eigenvalue weighted by Gasteiger charge is -2.37. The molecule has 0 aliphatic carbocycles. The number of methoxy groups -OCH3 is 1. The molecule has 39 heavy (non-hydrogen) atoms. The number of esters is 1. The largest absolute Gasteiger partial charge is 0.497 e. The van der Waals surface area contributed by atoms with Gasteiger partial charge < -0.3 is 19.7 Å². The Kier molecular flexibility index (Phi) is 8.91. The highest BCUT2D eigenvalue weighted by Crippen LogP contribution is 2.33. The summed E-state index contributed by atoms with van der Waals surface area (Å²) in [5.74, 6) is 0.175. The van der Waals surface area contributed by atoms with Crippen LogP contribution in [0.25, 0.3) is 0 Å². The van der Waals surface area contributed by atoms with Crippen molar-refractivity contribution in [1.29, 1.82) is 0 Å². The SMILES string of the molecule is CCOC(=O)C1=C(CN2CCCN(C(=O)c3cccc(OC)c3)CC2)N(C)C(=O)NC1c1cc(C)ccc1C. The topological polar surface area (TPSA) is 91.4 Å². The van der Waals surface area contributed by atoms with E-state index >= 15 is 0 Å². The fourth-order valence-electron chi connectivity index (χ4n) is 5.18. The van der Waals surface area contributed by atoms with E-state index in [0.29, 0.717) is 48.8 Å². The molecule has 208 valence electrons. The van der Waals surface area contributed by atoms with Crippen molar-refractivity contribution in [3.63, 3.8) is 0 Å². The second kappa shape index (κ2) is 12.3. The molecule has 0 aromatic heterocycles. The van der Waals surface area contributed by atoms with Crippen molar-refractivity contribution in [2.45, 2.75) is 33.2 Å². The molecule has 0 radical (unpaired) electrons. The number of urea groups is 1. The lowest BCUT2D eigenvalue weighted by atomic mass is 9.90. The van der Waals surface area contributed by atoms with Gasteiger partial charge in [-0.1, -0.05) is 29.8 Å². The third-order valence-electron chi connectivity index (χ3n) is 7.38. The van der Waals surface area contributed by atoms with Gasteiger partial charge in [0.05, 0.1) is 25.3 Å². The number of rotatable bonds is 7. The van der Waals surface area contributed by atoms with Crippen molar-refractivity contribution in [1.82, 2.24) is 20.0 Å². The Balaban J connectivity index is 1.61. The Hall–Kier alpha value is -3.85. The number of carbonyl (C=O) groups excluding carboxylic acids is 3. The first-order valence-corrected chi connectivity index (χ1v) is 13.4.